The van der Waals surface area contributed by atoms with E-state index in [2.05, 4.69) is 27.5 Å². The third kappa shape index (κ3) is 3.02. The first-order valence-electron chi connectivity index (χ1n) is 7.60. The standard InChI is InChI=1S/C16H22N4OS/c1-11(2)20-9-4-3-6-12(20)10-21-14-8-5-7-13-15(14)16(17)19-22-18-13/h5,7-8,12,18H,1,3-4,6,9-10H2,2H3,(H2,17,19)/t12-/m1/s1. The second kappa shape index (κ2) is 6.52. The summed E-state index contributed by atoms with van der Waals surface area (Å²) in [4.78, 5) is 2.35. The summed E-state index contributed by atoms with van der Waals surface area (Å²) in [5, 5.41) is 0. The molecule has 2 aliphatic rings. The van der Waals surface area contributed by atoms with Gasteiger partial charge in [-0.3, -0.25) is 0 Å². The second-order valence-electron chi connectivity index (χ2n) is 5.74. The van der Waals surface area contributed by atoms with Gasteiger partial charge in [0.1, 0.15) is 18.2 Å². The molecule has 0 radical (unpaired) electrons. The van der Waals surface area contributed by atoms with Crippen molar-refractivity contribution in [2.24, 2.45) is 10.1 Å². The van der Waals surface area contributed by atoms with Gasteiger partial charge in [0.2, 0.25) is 0 Å². The molecule has 0 saturated carbocycles. The highest BCUT2D eigenvalue weighted by molar-refractivity contribution is 7.99. The Bertz CT molecular complexity index is 602. The largest absolute Gasteiger partial charge is 0.491 e. The lowest BCUT2D eigenvalue weighted by molar-refractivity contribution is 0.132. The van der Waals surface area contributed by atoms with E-state index in [1.165, 1.54) is 25.0 Å². The third-order valence-corrected chi connectivity index (χ3v) is 4.73. The van der Waals surface area contributed by atoms with Crippen molar-refractivity contribution in [1.29, 1.82) is 0 Å². The van der Waals surface area contributed by atoms with Gasteiger partial charge in [0.15, 0.2) is 0 Å². The fourth-order valence-electron chi connectivity index (χ4n) is 3.03. The molecule has 118 valence electrons. The topological polar surface area (TPSA) is 62.9 Å². The summed E-state index contributed by atoms with van der Waals surface area (Å²) in [6.07, 6.45) is 3.61. The number of piperidine rings is 1. The van der Waals surface area contributed by atoms with Gasteiger partial charge in [0, 0.05) is 12.2 Å². The molecule has 5 nitrogen and oxygen atoms in total. The number of likely N-dealkylation sites (tertiary alicyclic amines) is 1. The number of hydrogen-bond donors (Lipinski definition) is 2. The monoisotopic (exact) mass is 318 g/mol. The summed E-state index contributed by atoms with van der Waals surface area (Å²) in [5.41, 5.74) is 8.94. The van der Waals surface area contributed by atoms with Crippen molar-refractivity contribution in [3.63, 3.8) is 0 Å². The fourth-order valence-corrected chi connectivity index (χ4v) is 3.53. The summed E-state index contributed by atoms with van der Waals surface area (Å²) < 4.78 is 13.4. The van der Waals surface area contributed by atoms with Crippen LogP contribution in [0, 0.1) is 0 Å². The molecule has 2 heterocycles. The Labute approximate surface area is 135 Å². The van der Waals surface area contributed by atoms with Crippen molar-refractivity contribution >= 4 is 23.7 Å². The van der Waals surface area contributed by atoms with E-state index in [0.717, 1.165) is 35.7 Å². The fraction of sp³-hybridized carbons (Fsp3) is 0.438. The number of nitrogens with zero attached hydrogens (tertiary/aromatic N) is 2. The van der Waals surface area contributed by atoms with Gasteiger partial charge < -0.3 is 20.1 Å². The number of rotatable bonds is 4. The van der Waals surface area contributed by atoms with Crippen molar-refractivity contribution < 1.29 is 4.74 Å². The van der Waals surface area contributed by atoms with Gasteiger partial charge in [-0.2, -0.15) is 4.40 Å². The lowest BCUT2D eigenvalue weighted by atomic mass is 10.0. The minimum absolute atomic E-state index is 0.381. The molecule has 3 rings (SSSR count). The minimum Gasteiger partial charge on any atom is -0.491 e. The van der Waals surface area contributed by atoms with Gasteiger partial charge in [0.05, 0.1) is 29.4 Å². The van der Waals surface area contributed by atoms with Gasteiger partial charge >= 0.3 is 0 Å². The number of benzene rings is 1. The van der Waals surface area contributed by atoms with Crippen molar-refractivity contribution in [2.45, 2.75) is 32.2 Å². The van der Waals surface area contributed by atoms with E-state index in [9.17, 15) is 0 Å². The maximum absolute atomic E-state index is 6.10. The summed E-state index contributed by atoms with van der Waals surface area (Å²) in [7, 11) is 0. The summed E-state index contributed by atoms with van der Waals surface area (Å²) in [5.74, 6) is 1.30. The zero-order valence-corrected chi connectivity index (χ0v) is 13.7. The molecule has 6 heteroatoms. The quantitative estimate of drug-likeness (QED) is 0.835. The van der Waals surface area contributed by atoms with Gasteiger partial charge in [-0.05, 0) is 38.3 Å². The van der Waals surface area contributed by atoms with E-state index < -0.39 is 0 Å². The Morgan fingerprint density at radius 3 is 3.23 bits per heavy atom. The average Bonchev–Trinajstić information content (AvgIpc) is 2.53. The van der Waals surface area contributed by atoms with Crippen LogP contribution in [0.4, 0.5) is 5.69 Å². The summed E-state index contributed by atoms with van der Waals surface area (Å²) in [6, 6.07) is 6.29. The normalized spacial score (nSPS) is 20.7. The van der Waals surface area contributed by atoms with Crippen LogP contribution in [0.1, 0.15) is 31.7 Å². The Morgan fingerprint density at radius 1 is 1.55 bits per heavy atom. The average molecular weight is 318 g/mol. The number of hydrogen-bond acceptors (Lipinski definition) is 6. The first-order valence-corrected chi connectivity index (χ1v) is 8.38. The lowest BCUT2D eigenvalue weighted by Gasteiger charge is -2.37. The maximum atomic E-state index is 6.10. The highest BCUT2D eigenvalue weighted by Crippen LogP contribution is 2.32. The number of fused-ring (bicyclic) bond motifs is 1. The Morgan fingerprint density at radius 2 is 2.41 bits per heavy atom. The molecule has 1 fully saturated rings. The van der Waals surface area contributed by atoms with Gasteiger partial charge in [0.25, 0.3) is 0 Å². The molecule has 0 bridgehead atoms. The zero-order chi connectivity index (χ0) is 15.5. The van der Waals surface area contributed by atoms with Crippen LogP contribution in [0.2, 0.25) is 0 Å². The minimum atomic E-state index is 0.381. The molecule has 1 aromatic rings. The Balaban J connectivity index is 1.74. The smallest absolute Gasteiger partial charge is 0.146 e. The lowest BCUT2D eigenvalue weighted by Crippen LogP contribution is -2.41. The van der Waals surface area contributed by atoms with Gasteiger partial charge in [-0.15, -0.1) is 0 Å². The number of ether oxygens (including phenoxy) is 1. The molecule has 0 aliphatic carbocycles. The number of nitrogens with one attached hydrogen (secondary N) is 1. The predicted molar refractivity (Wildman–Crippen MR) is 93.0 cm³/mol. The Kier molecular flexibility index (Phi) is 4.47. The van der Waals surface area contributed by atoms with Crippen LogP contribution in [0.25, 0.3) is 0 Å². The number of allylic oxidation sites excluding steroid dienone is 1. The molecule has 2 aliphatic heterocycles. The highest BCUT2D eigenvalue weighted by Gasteiger charge is 2.24. The predicted octanol–water partition coefficient (Wildman–Crippen LogP) is 3.15. The molecular formula is C16H22N4OS. The van der Waals surface area contributed by atoms with E-state index in [4.69, 9.17) is 10.5 Å². The molecule has 0 aromatic heterocycles. The van der Waals surface area contributed by atoms with E-state index in [1.807, 2.05) is 18.2 Å². The number of amidine groups is 1. The molecule has 0 unspecified atom stereocenters. The molecule has 1 saturated heterocycles. The first kappa shape index (κ1) is 15.1. The van der Waals surface area contributed by atoms with Gasteiger partial charge in [-0.25, -0.2) is 0 Å². The van der Waals surface area contributed by atoms with Crippen LogP contribution in [0.15, 0.2) is 34.9 Å². The first-order chi connectivity index (χ1) is 10.7. The molecule has 0 amide bonds. The van der Waals surface area contributed by atoms with Crippen LogP contribution in [-0.4, -0.2) is 29.9 Å². The van der Waals surface area contributed by atoms with Crippen LogP contribution in [0.3, 0.4) is 0 Å². The summed E-state index contributed by atoms with van der Waals surface area (Å²) >= 11 is 1.24. The van der Waals surface area contributed by atoms with Gasteiger partial charge in [-0.1, -0.05) is 12.6 Å². The van der Waals surface area contributed by atoms with E-state index in [-0.39, 0.29) is 0 Å². The van der Waals surface area contributed by atoms with Crippen LogP contribution in [0.5, 0.6) is 5.75 Å². The van der Waals surface area contributed by atoms with Crippen LogP contribution < -0.4 is 15.2 Å². The third-order valence-electron chi connectivity index (χ3n) is 4.13. The van der Waals surface area contributed by atoms with Crippen molar-refractivity contribution in [2.75, 3.05) is 17.9 Å². The SMILES string of the molecule is C=C(C)N1CCCC[C@@H]1COc1cccc2c1C(N)=NSN2. The number of nitrogens with two attached hydrogens (primary N) is 1. The van der Waals surface area contributed by atoms with Crippen molar-refractivity contribution in [3.05, 3.63) is 36.0 Å². The summed E-state index contributed by atoms with van der Waals surface area (Å²) in [6.45, 7) is 7.86. The number of anilines is 1. The second-order valence-corrected chi connectivity index (χ2v) is 6.31. The van der Waals surface area contributed by atoms with E-state index >= 15 is 0 Å². The molecule has 1 aromatic carbocycles. The van der Waals surface area contributed by atoms with E-state index in [1.54, 1.807) is 0 Å². The zero-order valence-electron chi connectivity index (χ0n) is 12.8. The van der Waals surface area contributed by atoms with Crippen LogP contribution in [-0.2, 0) is 0 Å². The molecule has 0 spiro atoms. The molecule has 3 N–H and O–H groups in total. The molecule has 1 atom stereocenters. The Hall–Kier alpha value is -1.82. The highest BCUT2D eigenvalue weighted by atomic mass is 32.2. The van der Waals surface area contributed by atoms with E-state index in [0.29, 0.717) is 18.5 Å². The van der Waals surface area contributed by atoms with Crippen molar-refractivity contribution in [1.82, 2.24) is 4.90 Å². The molecule has 22 heavy (non-hydrogen) atoms. The van der Waals surface area contributed by atoms with Crippen molar-refractivity contribution in [3.8, 4) is 5.75 Å². The maximum Gasteiger partial charge on any atom is 0.146 e. The van der Waals surface area contributed by atoms with Crippen LogP contribution >= 0.6 is 12.1 Å². The molecular weight excluding hydrogens is 296 g/mol.